The Balaban J connectivity index is 3.30. The van der Waals surface area contributed by atoms with Crippen LogP contribution in [0, 0.1) is 5.92 Å². The SMILES string of the molecule is CCCCCCCCCC/C=C/C([C]=O)C[C]=O. The van der Waals surface area contributed by atoms with Crippen LogP contribution in [0.15, 0.2) is 12.2 Å². The van der Waals surface area contributed by atoms with E-state index >= 15 is 0 Å². The molecule has 0 fully saturated rings. The molecule has 102 valence electrons. The zero-order valence-electron chi connectivity index (χ0n) is 11.6. The molecule has 0 spiro atoms. The van der Waals surface area contributed by atoms with Crippen LogP contribution in [0.2, 0.25) is 0 Å². The molecule has 1 atom stereocenters. The van der Waals surface area contributed by atoms with E-state index < -0.39 is 5.92 Å². The molecule has 2 radical (unpaired) electrons. The molecule has 0 N–H and O–H groups in total. The van der Waals surface area contributed by atoms with Crippen LogP contribution in [0.5, 0.6) is 0 Å². The van der Waals surface area contributed by atoms with Gasteiger partial charge >= 0.3 is 0 Å². The Hall–Kier alpha value is -0.920. The first-order chi connectivity index (χ1) is 8.85. The molecule has 0 aromatic carbocycles. The highest BCUT2D eigenvalue weighted by atomic mass is 16.1. The van der Waals surface area contributed by atoms with Crippen LogP contribution in [0.4, 0.5) is 0 Å². The molecule has 1 unspecified atom stereocenters. The van der Waals surface area contributed by atoms with Crippen molar-refractivity contribution < 1.29 is 9.59 Å². The smallest absolute Gasteiger partial charge is 0.206 e. The lowest BCUT2D eigenvalue weighted by atomic mass is 10.1. The van der Waals surface area contributed by atoms with Crippen molar-refractivity contribution in [1.82, 2.24) is 0 Å². The van der Waals surface area contributed by atoms with E-state index in [0.717, 1.165) is 6.42 Å². The molecule has 2 nitrogen and oxygen atoms in total. The lowest BCUT2D eigenvalue weighted by Gasteiger charge is -2.00. The van der Waals surface area contributed by atoms with Gasteiger partial charge in [-0.25, -0.2) is 0 Å². The molecule has 0 bridgehead atoms. The van der Waals surface area contributed by atoms with Crippen LogP contribution in [0.25, 0.3) is 0 Å². The summed E-state index contributed by atoms with van der Waals surface area (Å²) in [6, 6.07) is 0. The summed E-state index contributed by atoms with van der Waals surface area (Å²) in [6.07, 6.45) is 18.9. The van der Waals surface area contributed by atoms with Gasteiger partial charge in [-0.05, 0) is 12.8 Å². The van der Waals surface area contributed by atoms with E-state index in [0.29, 0.717) is 0 Å². The second kappa shape index (κ2) is 14.1. The number of allylic oxidation sites excluding steroid dienone is 2. The van der Waals surface area contributed by atoms with E-state index in [9.17, 15) is 9.59 Å². The van der Waals surface area contributed by atoms with Crippen LogP contribution in [0.1, 0.15) is 71.1 Å². The first-order valence-electron chi connectivity index (χ1n) is 7.24. The van der Waals surface area contributed by atoms with E-state index in [-0.39, 0.29) is 6.42 Å². The van der Waals surface area contributed by atoms with Crippen molar-refractivity contribution in [3.8, 4) is 0 Å². The van der Waals surface area contributed by atoms with Gasteiger partial charge in [0.15, 0.2) is 6.29 Å². The summed E-state index contributed by atoms with van der Waals surface area (Å²) in [5.74, 6) is -0.392. The Morgan fingerprint density at radius 2 is 1.56 bits per heavy atom. The fourth-order valence-corrected chi connectivity index (χ4v) is 1.90. The molecule has 0 aromatic rings. The van der Waals surface area contributed by atoms with Crippen LogP contribution in [-0.4, -0.2) is 12.6 Å². The van der Waals surface area contributed by atoms with E-state index in [4.69, 9.17) is 0 Å². The lowest BCUT2D eigenvalue weighted by molar-refractivity contribution is 0.526. The summed E-state index contributed by atoms with van der Waals surface area (Å²) >= 11 is 0. The van der Waals surface area contributed by atoms with Crippen molar-refractivity contribution in [2.24, 2.45) is 5.92 Å². The molecular formula is C16H26O2. The molecule has 0 heterocycles. The lowest BCUT2D eigenvalue weighted by Crippen LogP contribution is -1.97. The number of hydrogen-bond acceptors (Lipinski definition) is 2. The zero-order chi connectivity index (χ0) is 13.5. The van der Waals surface area contributed by atoms with Crippen molar-refractivity contribution in [2.75, 3.05) is 0 Å². The van der Waals surface area contributed by atoms with Crippen molar-refractivity contribution >= 4 is 12.6 Å². The Kier molecular flexibility index (Phi) is 13.4. The molecule has 0 amide bonds. The Morgan fingerprint density at radius 1 is 0.944 bits per heavy atom. The minimum atomic E-state index is -0.392. The summed E-state index contributed by atoms with van der Waals surface area (Å²) < 4.78 is 0. The molecule has 0 aliphatic rings. The summed E-state index contributed by atoms with van der Waals surface area (Å²) in [5.41, 5.74) is 0. The highest BCUT2D eigenvalue weighted by Crippen LogP contribution is 2.10. The fourth-order valence-electron chi connectivity index (χ4n) is 1.90. The average molecular weight is 250 g/mol. The number of hydrogen-bond donors (Lipinski definition) is 0. The first-order valence-corrected chi connectivity index (χ1v) is 7.24. The monoisotopic (exact) mass is 250 g/mol. The van der Waals surface area contributed by atoms with E-state index in [1.807, 2.05) is 12.4 Å². The first kappa shape index (κ1) is 17.1. The van der Waals surface area contributed by atoms with Gasteiger partial charge in [0.25, 0.3) is 0 Å². The van der Waals surface area contributed by atoms with Gasteiger partial charge in [-0.3, -0.25) is 9.59 Å². The maximum absolute atomic E-state index is 10.4. The third kappa shape index (κ3) is 11.6. The van der Waals surface area contributed by atoms with Crippen LogP contribution < -0.4 is 0 Å². The highest BCUT2D eigenvalue weighted by molar-refractivity contribution is 5.64. The second-order valence-corrected chi connectivity index (χ2v) is 4.76. The van der Waals surface area contributed by atoms with Gasteiger partial charge in [0.05, 0.1) is 5.92 Å². The predicted molar refractivity (Wildman–Crippen MR) is 75.9 cm³/mol. The number of carbonyl (C=O) groups excluding carboxylic acids is 2. The quantitative estimate of drug-likeness (QED) is 0.361. The molecule has 0 saturated carbocycles. The third-order valence-electron chi connectivity index (χ3n) is 3.05. The third-order valence-corrected chi connectivity index (χ3v) is 3.05. The standard InChI is InChI=1S/C16H26O2/c1-2-3-4-5-6-7-8-9-10-11-12-16(15-18)13-14-17/h11-12,16H,2-10,13H2,1H3/b12-11+. The van der Waals surface area contributed by atoms with Gasteiger partial charge in [0, 0.05) is 6.42 Å². The van der Waals surface area contributed by atoms with Gasteiger partial charge in [0.2, 0.25) is 6.29 Å². The fraction of sp³-hybridized carbons (Fsp3) is 0.750. The van der Waals surface area contributed by atoms with Crippen molar-refractivity contribution in [1.29, 1.82) is 0 Å². The van der Waals surface area contributed by atoms with Crippen molar-refractivity contribution in [3.05, 3.63) is 12.2 Å². The maximum Gasteiger partial charge on any atom is 0.206 e. The van der Waals surface area contributed by atoms with Crippen molar-refractivity contribution in [3.63, 3.8) is 0 Å². The summed E-state index contributed by atoms with van der Waals surface area (Å²) in [5, 5.41) is 0. The molecule has 0 aliphatic heterocycles. The number of unbranched alkanes of at least 4 members (excludes halogenated alkanes) is 8. The van der Waals surface area contributed by atoms with Crippen LogP contribution in [-0.2, 0) is 9.59 Å². The molecule has 0 aliphatic carbocycles. The van der Waals surface area contributed by atoms with E-state index in [1.54, 1.807) is 12.4 Å². The topological polar surface area (TPSA) is 34.1 Å². The average Bonchev–Trinajstić information content (AvgIpc) is 2.39. The van der Waals surface area contributed by atoms with Gasteiger partial charge in [-0.2, -0.15) is 0 Å². The Morgan fingerprint density at radius 3 is 2.11 bits per heavy atom. The largest absolute Gasteiger partial charge is 0.291 e. The highest BCUT2D eigenvalue weighted by Gasteiger charge is 2.01. The predicted octanol–water partition coefficient (Wildman–Crippen LogP) is 4.30. The Labute approximate surface area is 112 Å². The van der Waals surface area contributed by atoms with E-state index in [1.165, 1.54) is 51.4 Å². The van der Waals surface area contributed by atoms with Gasteiger partial charge in [-0.15, -0.1) is 0 Å². The second-order valence-electron chi connectivity index (χ2n) is 4.76. The minimum Gasteiger partial charge on any atom is -0.291 e. The molecule has 0 rings (SSSR count). The van der Waals surface area contributed by atoms with Gasteiger partial charge < -0.3 is 0 Å². The summed E-state index contributed by atoms with van der Waals surface area (Å²) in [4.78, 5) is 20.5. The molecule has 18 heavy (non-hydrogen) atoms. The van der Waals surface area contributed by atoms with Gasteiger partial charge in [0.1, 0.15) is 0 Å². The van der Waals surface area contributed by atoms with Crippen LogP contribution in [0.3, 0.4) is 0 Å². The van der Waals surface area contributed by atoms with Crippen molar-refractivity contribution in [2.45, 2.75) is 71.1 Å². The van der Waals surface area contributed by atoms with E-state index in [2.05, 4.69) is 6.92 Å². The normalized spacial score (nSPS) is 12.7. The Bertz CT molecular complexity index is 221. The molecule has 0 aromatic heterocycles. The number of rotatable bonds is 13. The van der Waals surface area contributed by atoms with Crippen LogP contribution >= 0.6 is 0 Å². The van der Waals surface area contributed by atoms with Gasteiger partial charge in [-0.1, -0.05) is 64.0 Å². The summed E-state index contributed by atoms with van der Waals surface area (Å²) in [6.45, 7) is 2.23. The molecule has 0 saturated heterocycles. The molecular weight excluding hydrogens is 224 g/mol. The summed E-state index contributed by atoms with van der Waals surface area (Å²) in [7, 11) is 0. The molecule has 2 heteroatoms. The minimum absolute atomic E-state index is 0.136. The maximum atomic E-state index is 10.4. The zero-order valence-corrected chi connectivity index (χ0v) is 11.6.